The molecule has 3 nitrogen and oxygen atoms in total. The van der Waals surface area contributed by atoms with Crippen molar-refractivity contribution in [1.82, 2.24) is 0 Å². The van der Waals surface area contributed by atoms with Gasteiger partial charge in [0.05, 0.1) is 11.1 Å². The van der Waals surface area contributed by atoms with Crippen molar-refractivity contribution in [1.29, 1.82) is 0 Å². The minimum absolute atomic E-state index is 0.0273. The van der Waals surface area contributed by atoms with Crippen LogP contribution in [0.1, 0.15) is 13.8 Å². The van der Waals surface area contributed by atoms with E-state index in [1.807, 2.05) is 13.8 Å². The fourth-order valence-electron chi connectivity index (χ4n) is 1.35. The predicted octanol–water partition coefficient (Wildman–Crippen LogP) is 2.46. The van der Waals surface area contributed by atoms with Crippen molar-refractivity contribution < 1.29 is 9.90 Å². The molecule has 1 aromatic carbocycles. The van der Waals surface area contributed by atoms with Gasteiger partial charge in [0.25, 0.3) is 0 Å². The molecule has 0 aromatic heterocycles. The molecule has 1 aliphatic rings. The van der Waals surface area contributed by atoms with Crippen molar-refractivity contribution in [2.75, 3.05) is 11.1 Å². The summed E-state index contributed by atoms with van der Waals surface area (Å²) in [6, 6.07) is 5.00. The molecule has 0 atom stereocenters. The van der Waals surface area contributed by atoms with Gasteiger partial charge in [0.15, 0.2) is 0 Å². The van der Waals surface area contributed by atoms with Gasteiger partial charge in [-0.2, -0.15) is 0 Å². The van der Waals surface area contributed by atoms with Crippen molar-refractivity contribution in [2.24, 2.45) is 5.41 Å². The molecule has 0 unspecified atom stereocenters. The number of fused-ring (bicyclic) bond motifs is 1. The fourth-order valence-corrected chi connectivity index (χ4v) is 2.48. The number of benzene rings is 1. The molecule has 0 saturated carbocycles. The Labute approximate surface area is 92.9 Å². The van der Waals surface area contributed by atoms with Crippen LogP contribution >= 0.6 is 11.8 Å². The Bertz CT molecular complexity index is 415. The highest BCUT2D eigenvalue weighted by molar-refractivity contribution is 7.99. The third-order valence-electron chi connectivity index (χ3n) is 2.42. The molecular formula is C11H13NO2S. The first-order valence-electron chi connectivity index (χ1n) is 4.76. The van der Waals surface area contributed by atoms with Gasteiger partial charge in [-0.05, 0) is 18.2 Å². The summed E-state index contributed by atoms with van der Waals surface area (Å²) in [5, 5.41) is 12.2. The summed E-state index contributed by atoms with van der Waals surface area (Å²) >= 11 is 1.59. The van der Waals surface area contributed by atoms with Gasteiger partial charge in [-0.3, -0.25) is 4.79 Å². The number of anilines is 1. The molecular weight excluding hydrogens is 210 g/mol. The van der Waals surface area contributed by atoms with Gasteiger partial charge in [0.2, 0.25) is 5.91 Å². The van der Waals surface area contributed by atoms with Crippen LogP contribution in [0.5, 0.6) is 5.75 Å². The summed E-state index contributed by atoms with van der Waals surface area (Å²) in [5.41, 5.74) is 0.410. The zero-order valence-corrected chi connectivity index (χ0v) is 9.52. The number of rotatable bonds is 0. The lowest BCUT2D eigenvalue weighted by atomic mass is 9.95. The molecule has 0 bridgehead atoms. The van der Waals surface area contributed by atoms with Crippen LogP contribution in [0.4, 0.5) is 5.69 Å². The number of hydrogen-bond acceptors (Lipinski definition) is 3. The lowest BCUT2D eigenvalue weighted by molar-refractivity contribution is -0.122. The molecule has 0 fully saturated rings. The van der Waals surface area contributed by atoms with Crippen LogP contribution in [0.25, 0.3) is 0 Å². The number of carbonyl (C=O) groups is 1. The van der Waals surface area contributed by atoms with E-state index in [-0.39, 0.29) is 17.1 Å². The second kappa shape index (κ2) is 3.45. The van der Waals surface area contributed by atoms with Gasteiger partial charge in [-0.1, -0.05) is 13.8 Å². The highest BCUT2D eigenvalue weighted by Crippen LogP contribution is 2.38. The van der Waals surface area contributed by atoms with Gasteiger partial charge in [-0.15, -0.1) is 11.8 Å². The minimum Gasteiger partial charge on any atom is -0.508 e. The van der Waals surface area contributed by atoms with E-state index in [4.69, 9.17) is 0 Å². The standard InChI is InChI=1S/C11H13NO2S/c1-11(2)6-15-9-5-7(13)3-4-8(9)12-10(11)14/h3-5,13H,6H2,1-2H3,(H,12,14). The van der Waals surface area contributed by atoms with Crippen molar-refractivity contribution in [3.05, 3.63) is 18.2 Å². The number of phenolic OH excluding ortho intramolecular Hbond substituents is 1. The van der Waals surface area contributed by atoms with E-state index in [0.717, 1.165) is 16.3 Å². The van der Waals surface area contributed by atoms with Gasteiger partial charge in [0.1, 0.15) is 5.75 Å². The summed E-state index contributed by atoms with van der Waals surface area (Å²) in [4.78, 5) is 12.7. The Balaban J connectivity index is 2.40. The molecule has 1 aromatic rings. The van der Waals surface area contributed by atoms with E-state index in [1.54, 1.807) is 30.0 Å². The molecule has 2 rings (SSSR count). The maximum Gasteiger partial charge on any atom is 0.230 e. The number of thioether (sulfide) groups is 1. The molecule has 0 radical (unpaired) electrons. The normalized spacial score (nSPS) is 18.9. The summed E-state index contributed by atoms with van der Waals surface area (Å²) < 4.78 is 0. The molecule has 0 saturated heterocycles. The molecule has 15 heavy (non-hydrogen) atoms. The van der Waals surface area contributed by atoms with E-state index < -0.39 is 0 Å². The third-order valence-corrected chi connectivity index (χ3v) is 3.93. The van der Waals surface area contributed by atoms with Gasteiger partial charge >= 0.3 is 0 Å². The maximum atomic E-state index is 11.8. The van der Waals surface area contributed by atoms with E-state index in [9.17, 15) is 9.90 Å². The zero-order chi connectivity index (χ0) is 11.1. The predicted molar refractivity (Wildman–Crippen MR) is 61.2 cm³/mol. The van der Waals surface area contributed by atoms with Crippen molar-refractivity contribution in [3.63, 3.8) is 0 Å². The first-order valence-corrected chi connectivity index (χ1v) is 5.75. The molecule has 4 heteroatoms. The van der Waals surface area contributed by atoms with Crippen molar-refractivity contribution in [2.45, 2.75) is 18.7 Å². The maximum absolute atomic E-state index is 11.8. The first-order chi connectivity index (χ1) is 6.99. The summed E-state index contributed by atoms with van der Waals surface area (Å²) in [6.45, 7) is 3.84. The van der Waals surface area contributed by atoms with Gasteiger partial charge in [0, 0.05) is 10.6 Å². The summed E-state index contributed by atoms with van der Waals surface area (Å²) in [6.07, 6.45) is 0. The molecule has 1 heterocycles. The second-order valence-electron chi connectivity index (χ2n) is 4.31. The number of nitrogens with one attached hydrogen (secondary N) is 1. The largest absolute Gasteiger partial charge is 0.508 e. The molecule has 1 aliphatic heterocycles. The van der Waals surface area contributed by atoms with E-state index in [1.165, 1.54) is 0 Å². The van der Waals surface area contributed by atoms with Crippen LogP contribution in [0.15, 0.2) is 23.1 Å². The molecule has 0 aliphatic carbocycles. The lowest BCUT2D eigenvalue weighted by Crippen LogP contribution is -2.31. The summed E-state index contributed by atoms with van der Waals surface area (Å²) in [5.74, 6) is 0.976. The Morgan fingerprint density at radius 2 is 2.20 bits per heavy atom. The van der Waals surface area contributed by atoms with Crippen LogP contribution in [-0.2, 0) is 4.79 Å². The Morgan fingerprint density at radius 3 is 2.93 bits per heavy atom. The van der Waals surface area contributed by atoms with Crippen LogP contribution in [0, 0.1) is 5.41 Å². The lowest BCUT2D eigenvalue weighted by Gasteiger charge is -2.18. The average molecular weight is 223 g/mol. The number of hydrogen-bond donors (Lipinski definition) is 2. The molecule has 80 valence electrons. The molecule has 1 amide bonds. The smallest absolute Gasteiger partial charge is 0.230 e. The highest BCUT2D eigenvalue weighted by atomic mass is 32.2. The highest BCUT2D eigenvalue weighted by Gasteiger charge is 2.31. The van der Waals surface area contributed by atoms with Crippen LogP contribution in [-0.4, -0.2) is 16.8 Å². The monoisotopic (exact) mass is 223 g/mol. The summed E-state index contributed by atoms with van der Waals surface area (Å²) in [7, 11) is 0. The van der Waals surface area contributed by atoms with Crippen LogP contribution in [0.2, 0.25) is 0 Å². The van der Waals surface area contributed by atoms with Crippen molar-refractivity contribution in [3.8, 4) is 5.75 Å². The SMILES string of the molecule is CC1(C)CSc2cc(O)ccc2NC1=O. The number of carbonyl (C=O) groups excluding carboxylic acids is 1. The van der Waals surface area contributed by atoms with Crippen molar-refractivity contribution >= 4 is 23.4 Å². The number of aromatic hydroxyl groups is 1. The number of phenols is 1. The van der Waals surface area contributed by atoms with Gasteiger partial charge in [-0.25, -0.2) is 0 Å². The van der Waals surface area contributed by atoms with Crippen LogP contribution in [0.3, 0.4) is 0 Å². The van der Waals surface area contributed by atoms with E-state index in [0.29, 0.717) is 0 Å². The Morgan fingerprint density at radius 1 is 1.47 bits per heavy atom. The molecule has 2 N–H and O–H groups in total. The average Bonchev–Trinajstić information content (AvgIpc) is 2.27. The Kier molecular flexibility index (Phi) is 2.38. The van der Waals surface area contributed by atoms with E-state index >= 15 is 0 Å². The minimum atomic E-state index is -0.376. The number of amides is 1. The molecule has 0 spiro atoms. The quantitative estimate of drug-likeness (QED) is 0.664. The van der Waals surface area contributed by atoms with E-state index in [2.05, 4.69) is 5.32 Å². The second-order valence-corrected chi connectivity index (χ2v) is 5.32. The first kappa shape index (κ1) is 10.4. The zero-order valence-electron chi connectivity index (χ0n) is 8.70. The fraction of sp³-hybridized carbons (Fsp3) is 0.364. The topological polar surface area (TPSA) is 49.3 Å². The van der Waals surface area contributed by atoms with Crippen LogP contribution < -0.4 is 5.32 Å². The third kappa shape index (κ3) is 1.95. The van der Waals surface area contributed by atoms with Gasteiger partial charge < -0.3 is 10.4 Å². The Hall–Kier alpha value is -1.16.